The molecule has 3 heteroatoms. The average Bonchev–Trinajstić information content (AvgIpc) is 2.32. The zero-order valence-corrected chi connectivity index (χ0v) is 7.74. The van der Waals surface area contributed by atoms with Gasteiger partial charge < -0.3 is 5.32 Å². The summed E-state index contributed by atoms with van der Waals surface area (Å²) in [5.41, 5.74) is 0. The third kappa shape index (κ3) is 2.41. The Morgan fingerprint density at radius 2 is 2.17 bits per heavy atom. The summed E-state index contributed by atoms with van der Waals surface area (Å²) in [6.07, 6.45) is 0.652. The molecule has 1 saturated heterocycles. The van der Waals surface area contributed by atoms with Crippen molar-refractivity contribution in [2.45, 2.75) is 32.6 Å². The molecule has 72 valence electrons. The standard InChI is InChI=1S/C9H17F2N/c1-7(2)5-9(10,11)8-3-4-12-6-8/h7-8,12H,3-6H2,1-2H3. The Balaban J connectivity index is 2.45. The lowest BCUT2D eigenvalue weighted by Crippen LogP contribution is -2.31. The first-order valence-corrected chi connectivity index (χ1v) is 4.61. The molecule has 0 aliphatic carbocycles. The molecule has 12 heavy (non-hydrogen) atoms. The second-order valence-corrected chi connectivity index (χ2v) is 4.05. The Morgan fingerprint density at radius 3 is 2.58 bits per heavy atom. The summed E-state index contributed by atoms with van der Waals surface area (Å²) in [5.74, 6) is -2.81. The van der Waals surface area contributed by atoms with Gasteiger partial charge in [0.25, 0.3) is 5.92 Å². The molecule has 1 N–H and O–H groups in total. The summed E-state index contributed by atoms with van der Waals surface area (Å²) < 4.78 is 26.7. The summed E-state index contributed by atoms with van der Waals surface area (Å²) in [5, 5.41) is 2.97. The number of rotatable bonds is 3. The lowest BCUT2D eigenvalue weighted by molar-refractivity contribution is -0.0673. The molecule has 0 aromatic carbocycles. The Bertz CT molecular complexity index is 139. The molecule has 0 spiro atoms. The highest BCUT2D eigenvalue weighted by atomic mass is 19.3. The van der Waals surface area contributed by atoms with Gasteiger partial charge in [0.1, 0.15) is 0 Å². The molecule has 0 aromatic rings. The molecule has 0 amide bonds. The van der Waals surface area contributed by atoms with E-state index in [0.717, 1.165) is 6.54 Å². The summed E-state index contributed by atoms with van der Waals surface area (Å²) in [6.45, 7) is 4.92. The molecule has 0 saturated carbocycles. The van der Waals surface area contributed by atoms with Gasteiger partial charge in [0.15, 0.2) is 0 Å². The normalized spacial score (nSPS) is 25.2. The van der Waals surface area contributed by atoms with Crippen molar-refractivity contribution in [2.75, 3.05) is 13.1 Å². The largest absolute Gasteiger partial charge is 0.316 e. The summed E-state index contributed by atoms with van der Waals surface area (Å²) >= 11 is 0. The van der Waals surface area contributed by atoms with Gasteiger partial charge in [0.2, 0.25) is 0 Å². The van der Waals surface area contributed by atoms with E-state index in [1.807, 2.05) is 13.8 Å². The minimum atomic E-state index is -2.46. The van der Waals surface area contributed by atoms with Gasteiger partial charge in [-0.25, -0.2) is 8.78 Å². The first-order valence-electron chi connectivity index (χ1n) is 4.61. The van der Waals surface area contributed by atoms with Gasteiger partial charge in [-0.3, -0.25) is 0 Å². The van der Waals surface area contributed by atoms with Crippen LogP contribution in [0.1, 0.15) is 26.7 Å². The highest BCUT2D eigenvalue weighted by Gasteiger charge is 2.40. The average molecular weight is 177 g/mol. The lowest BCUT2D eigenvalue weighted by atomic mass is 9.93. The molecule has 1 heterocycles. The summed E-state index contributed by atoms with van der Waals surface area (Å²) in [6, 6.07) is 0. The number of alkyl halides is 2. The highest BCUT2D eigenvalue weighted by molar-refractivity contribution is 4.84. The van der Waals surface area contributed by atoms with Crippen LogP contribution in [0.25, 0.3) is 0 Å². The predicted molar refractivity (Wildman–Crippen MR) is 45.4 cm³/mol. The Labute approximate surface area is 72.5 Å². The van der Waals surface area contributed by atoms with E-state index < -0.39 is 11.8 Å². The van der Waals surface area contributed by atoms with Crippen LogP contribution in [-0.2, 0) is 0 Å². The number of hydrogen-bond donors (Lipinski definition) is 1. The van der Waals surface area contributed by atoms with E-state index in [2.05, 4.69) is 5.32 Å². The Morgan fingerprint density at radius 1 is 1.50 bits per heavy atom. The van der Waals surface area contributed by atoms with Crippen molar-refractivity contribution in [3.63, 3.8) is 0 Å². The van der Waals surface area contributed by atoms with Crippen molar-refractivity contribution >= 4 is 0 Å². The van der Waals surface area contributed by atoms with Crippen molar-refractivity contribution in [3.05, 3.63) is 0 Å². The van der Waals surface area contributed by atoms with Crippen LogP contribution in [0.2, 0.25) is 0 Å². The van der Waals surface area contributed by atoms with Gasteiger partial charge in [-0.1, -0.05) is 13.8 Å². The van der Waals surface area contributed by atoms with Gasteiger partial charge >= 0.3 is 0 Å². The Kier molecular flexibility index (Phi) is 3.04. The molecule has 1 unspecified atom stereocenters. The molecule has 1 fully saturated rings. The second kappa shape index (κ2) is 3.69. The van der Waals surface area contributed by atoms with Crippen molar-refractivity contribution in [3.8, 4) is 0 Å². The molecule has 1 nitrogen and oxygen atoms in total. The first-order chi connectivity index (χ1) is 5.52. The summed E-state index contributed by atoms with van der Waals surface area (Å²) in [7, 11) is 0. The van der Waals surface area contributed by atoms with Crippen molar-refractivity contribution in [2.24, 2.45) is 11.8 Å². The fourth-order valence-electron chi connectivity index (χ4n) is 1.73. The topological polar surface area (TPSA) is 12.0 Å². The van der Waals surface area contributed by atoms with E-state index in [1.54, 1.807) is 0 Å². The van der Waals surface area contributed by atoms with Crippen molar-refractivity contribution in [1.82, 2.24) is 5.32 Å². The molecular formula is C9H17F2N. The van der Waals surface area contributed by atoms with E-state index in [1.165, 1.54) is 0 Å². The second-order valence-electron chi connectivity index (χ2n) is 4.05. The summed E-state index contributed by atoms with van der Waals surface area (Å²) in [4.78, 5) is 0. The van der Waals surface area contributed by atoms with Gasteiger partial charge in [0.05, 0.1) is 0 Å². The SMILES string of the molecule is CC(C)CC(F)(F)C1CCNC1. The minimum Gasteiger partial charge on any atom is -0.316 e. The van der Waals surface area contributed by atoms with E-state index >= 15 is 0 Å². The third-order valence-corrected chi connectivity index (χ3v) is 2.34. The molecule has 0 aromatic heterocycles. The maximum atomic E-state index is 13.3. The lowest BCUT2D eigenvalue weighted by Gasteiger charge is -2.24. The monoisotopic (exact) mass is 177 g/mol. The maximum absolute atomic E-state index is 13.3. The highest BCUT2D eigenvalue weighted by Crippen LogP contribution is 2.34. The molecule has 0 radical (unpaired) electrons. The van der Waals surface area contributed by atoms with E-state index in [9.17, 15) is 8.78 Å². The van der Waals surface area contributed by atoms with Crippen LogP contribution in [0.15, 0.2) is 0 Å². The van der Waals surface area contributed by atoms with Gasteiger partial charge in [0, 0.05) is 18.9 Å². The van der Waals surface area contributed by atoms with Crippen molar-refractivity contribution < 1.29 is 8.78 Å². The van der Waals surface area contributed by atoms with Crippen LogP contribution in [-0.4, -0.2) is 19.0 Å². The van der Waals surface area contributed by atoms with Crippen LogP contribution >= 0.6 is 0 Å². The minimum absolute atomic E-state index is 0.0271. The van der Waals surface area contributed by atoms with Crippen LogP contribution in [0, 0.1) is 11.8 Å². The maximum Gasteiger partial charge on any atom is 0.252 e. The van der Waals surface area contributed by atoms with Crippen LogP contribution in [0.3, 0.4) is 0 Å². The zero-order chi connectivity index (χ0) is 9.19. The van der Waals surface area contributed by atoms with Crippen LogP contribution in [0.5, 0.6) is 0 Å². The molecule has 1 atom stereocenters. The fourth-order valence-corrected chi connectivity index (χ4v) is 1.73. The van der Waals surface area contributed by atoms with Crippen LogP contribution in [0.4, 0.5) is 8.78 Å². The molecular weight excluding hydrogens is 160 g/mol. The third-order valence-electron chi connectivity index (χ3n) is 2.34. The van der Waals surface area contributed by atoms with E-state index in [4.69, 9.17) is 0 Å². The number of halogens is 2. The van der Waals surface area contributed by atoms with Crippen LogP contribution < -0.4 is 5.32 Å². The number of nitrogens with one attached hydrogen (secondary N) is 1. The van der Waals surface area contributed by atoms with E-state index in [-0.39, 0.29) is 12.3 Å². The van der Waals surface area contributed by atoms with Gasteiger partial charge in [-0.2, -0.15) is 0 Å². The number of hydrogen-bond acceptors (Lipinski definition) is 1. The Hall–Kier alpha value is -0.180. The van der Waals surface area contributed by atoms with Crippen molar-refractivity contribution in [1.29, 1.82) is 0 Å². The first kappa shape index (κ1) is 9.90. The predicted octanol–water partition coefficient (Wildman–Crippen LogP) is 2.28. The molecule has 0 bridgehead atoms. The fraction of sp³-hybridized carbons (Fsp3) is 1.00. The molecule has 1 aliphatic rings. The van der Waals surface area contributed by atoms with Gasteiger partial charge in [-0.05, 0) is 18.9 Å². The smallest absolute Gasteiger partial charge is 0.252 e. The molecule has 1 rings (SSSR count). The van der Waals surface area contributed by atoms with E-state index in [0.29, 0.717) is 13.0 Å². The van der Waals surface area contributed by atoms with Gasteiger partial charge in [-0.15, -0.1) is 0 Å². The molecule has 1 aliphatic heterocycles. The quantitative estimate of drug-likeness (QED) is 0.697. The zero-order valence-electron chi connectivity index (χ0n) is 7.74.